The van der Waals surface area contributed by atoms with Crippen LogP contribution in [-0.2, 0) is 6.18 Å². The van der Waals surface area contributed by atoms with Gasteiger partial charge in [-0.15, -0.1) is 0 Å². The number of halogens is 7. The van der Waals surface area contributed by atoms with Crippen molar-refractivity contribution >= 4 is 17.4 Å². The van der Waals surface area contributed by atoms with Crippen LogP contribution in [-0.4, -0.2) is 33.9 Å². The van der Waals surface area contributed by atoms with Gasteiger partial charge in [0.25, 0.3) is 0 Å². The Balaban J connectivity index is 2.83. The number of hydrogen-bond acceptors (Lipinski definition) is 4. The highest BCUT2D eigenvalue weighted by molar-refractivity contribution is 6.29. The van der Waals surface area contributed by atoms with Gasteiger partial charge in [-0.25, -0.2) is 9.97 Å². The van der Waals surface area contributed by atoms with E-state index in [2.05, 4.69) is 9.97 Å². The average molecular weight is 310 g/mol. The summed E-state index contributed by atoms with van der Waals surface area (Å²) in [6.07, 6.45) is -12.5. The number of rotatable bonds is 3. The summed E-state index contributed by atoms with van der Waals surface area (Å²) in [5, 5.41) is 9.97. The summed E-state index contributed by atoms with van der Waals surface area (Å²) >= 11 is 5.29. The minimum Gasteiger partial charge on any atom is -0.382 e. The maximum atomic E-state index is 12.3. The largest absolute Gasteiger partial charge is 0.451 e. The third kappa shape index (κ3) is 4.71. The van der Waals surface area contributed by atoms with Gasteiger partial charge in [-0.1, -0.05) is 11.6 Å². The Bertz CT molecular complexity index is 449. The highest BCUT2D eigenvalue weighted by Crippen LogP contribution is 2.28. The van der Waals surface area contributed by atoms with Crippen LogP contribution in [0, 0.1) is 0 Å². The molecule has 0 amide bonds. The molecule has 1 heterocycles. The van der Waals surface area contributed by atoms with Gasteiger partial charge in [-0.2, -0.15) is 26.3 Å². The zero-order valence-electron chi connectivity index (χ0n) is 8.85. The van der Waals surface area contributed by atoms with Gasteiger partial charge in [0.15, 0.2) is 6.10 Å². The Labute approximate surface area is 107 Å². The number of anilines is 1. The lowest BCUT2D eigenvalue weighted by atomic mass is 10.3. The van der Waals surface area contributed by atoms with Crippen LogP contribution in [0.4, 0.5) is 32.2 Å². The molecule has 1 aromatic rings. The summed E-state index contributed by atoms with van der Waals surface area (Å²) in [5.74, 6) is -2.17. The normalized spacial score (nSPS) is 14.3. The average Bonchev–Trinajstić information content (AvgIpc) is 2.22. The zero-order valence-corrected chi connectivity index (χ0v) is 9.61. The van der Waals surface area contributed by atoms with Crippen LogP contribution in [0.5, 0.6) is 0 Å². The van der Waals surface area contributed by atoms with Gasteiger partial charge in [-0.05, 0) is 0 Å². The Morgan fingerprint density at radius 1 is 1.21 bits per heavy atom. The van der Waals surface area contributed by atoms with Crippen molar-refractivity contribution < 1.29 is 31.4 Å². The quantitative estimate of drug-likeness (QED) is 0.665. The molecule has 0 radical (unpaired) electrons. The van der Waals surface area contributed by atoms with E-state index < -0.39 is 41.8 Å². The van der Waals surface area contributed by atoms with E-state index in [-0.39, 0.29) is 0 Å². The third-order valence-corrected chi connectivity index (χ3v) is 2.00. The molecule has 1 rings (SSSR count). The molecule has 1 unspecified atom stereocenters. The summed E-state index contributed by atoms with van der Waals surface area (Å²) in [4.78, 5) is 5.83. The smallest absolute Gasteiger partial charge is 0.382 e. The topological polar surface area (TPSA) is 58.0 Å². The molecule has 19 heavy (non-hydrogen) atoms. The maximum Gasteiger partial charge on any atom is 0.451 e. The van der Waals surface area contributed by atoms with Gasteiger partial charge in [0.2, 0.25) is 5.82 Å². The summed E-state index contributed by atoms with van der Waals surface area (Å²) in [7, 11) is 0. The molecule has 0 spiro atoms. The molecule has 1 atom stereocenters. The number of hydrogen-bond donors (Lipinski definition) is 2. The molecule has 0 saturated heterocycles. The minimum absolute atomic E-state index is 0.573. The fraction of sp³-hybridized carbons (Fsp3) is 0.500. The maximum absolute atomic E-state index is 12.3. The fourth-order valence-corrected chi connectivity index (χ4v) is 1.14. The second kappa shape index (κ2) is 5.37. The highest BCUT2D eigenvalue weighted by Gasteiger charge is 2.38. The van der Waals surface area contributed by atoms with Crippen molar-refractivity contribution in [1.82, 2.24) is 9.97 Å². The number of aromatic nitrogens is 2. The van der Waals surface area contributed by atoms with E-state index >= 15 is 0 Å². The van der Waals surface area contributed by atoms with Crippen molar-refractivity contribution in [2.75, 3.05) is 11.9 Å². The second-order valence-corrected chi connectivity index (χ2v) is 3.72. The summed E-state index contributed by atoms with van der Waals surface area (Å²) in [5.41, 5.74) is 0. The Morgan fingerprint density at radius 3 is 2.26 bits per heavy atom. The molecule has 11 heteroatoms. The van der Waals surface area contributed by atoms with Gasteiger partial charge in [-0.3, -0.25) is 0 Å². The van der Waals surface area contributed by atoms with E-state index in [1.807, 2.05) is 5.32 Å². The van der Waals surface area contributed by atoms with Gasteiger partial charge in [0.1, 0.15) is 11.0 Å². The number of alkyl halides is 6. The van der Waals surface area contributed by atoms with Crippen molar-refractivity contribution in [2.24, 2.45) is 0 Å². The standard InChI is InChI=1S/C8H6ClF6N3O/c9-4-1-5(16-2-3(19)7(10,11)12)18-6(17-4)8(13,14)15/h1,3,19H,2H2,(H,16,17,18). The van der Waals surface area contributed by atoms with E-state index in [9.17, 15) is 26.3 Å². The van der Waals surface area contributed by atoms with Crippen molar-refractivity contribution in [1.29, 1.82) is 0 Å². The molecule has 0 saturated carbocycles. The van der Waals surface area contributed by atoms with E-state index in [1.54, 1.807) is 0 Å². The Kier molecular flexibility index (Phi) is 4.46. The lowest BCUT2D eigenvalue weighted by molar-refractivity contribution is -0.198. The lowest BCUT2D eigenvalue weighted by Crippen LogP contribution is -2.35. The number of aliphatic hydroxyl groups is 1. The SMILES string of the molecule is OC(CNc1cc(Cl)nc(C(F)(F)F)n1)C(F)(F)F. The van der Waals surface area contributed by atoms with E-state index in [0.29, 0.717) is 0 Å². The molecule has 4 nitrogen and oxygen atoms in total. The number of nitrogens with one attached hydrogen (secondary N) is 1. The van der Waals surface area contributed by atoms with Crippen molar-refractivity contribution in [3.05, 3.63) is 17.0 Å². The Hall–Kier alpha value is -1.29. The molecular weight excluding hydrogens is 304 g/mol. The van der Waals surface area contributed by atoms with E-state index in [4.69, 9.17) is 16.7 Å². The third-order valence-electron chi connectivity index (χ3n) is 1.80. The summed E-state index contributed by atoms with van der Waals surface area (Å²) in [6.45, 7) is -1.06. The zero-order chi connectivity index (χ0) is 14.8. The highest BCUT2D eigenvalue weighted by atomic mass is 35.5. The second-order valence-electron chi connectivity index (χ2n) is 3.34. The molecule has 0 aromatic carbocycles. The van der Waals surface area contributed by atoms with Crippen LogP contribution in [0.25, 0.3) is 0 Å². The van der Waals surface area contributed by atoms with Crippen molar-refractivity contribution in [3.8, 4) is 0 Å². The first kappa shape index (κ1) is 15.8. The van der Waals surface area contributed by atoms with Gasteiger partial charge < -0.3 is 10.4 Å². The first-order valence-corrected chi connectivity index (χ1v) is 4.98. The molecular formula is C8H6ClF6N3O. The molecule has 0 aliphatic carbocycles. The van der Waals surface area contributed by atoms with Crippen LogP contribution >= 0.6 is 11.6 Å². The molecule has 108 valence electrons. The number of aliphatic hydroxyl groups excluding tert-OH is 1. The molecule has 0 fully saturated rings. The minimum atomic E-state index is -4.89. The van der Waals surface area contributed by atoms with Gasteiger partial charge in [0.05, 0.1) is 6.54 Å². The number of nitrogens with zero attached hydrogens (tertiary/aromatic N) is 2. The monoisotopic (exact) mass is 309 g/mol. The van der Waals surface area contributed by atoms with Crippen molar-refractivity contribution in [3.63, 3.8) is 0 Å². The molecule has 1 aromatic heterocycles. The van der Waals surface area contributed by atoms with E-state index in [0.717, 1.165) is 6.07 Å². The predicted octanol–water partition coefficient (Wildman–Crippen LogP) is 2.48. The molecule has 0 aliphatic rings. The van der Waals surface area contributed by atoms with Gasteiger partial charge in [0, 0.05) is 6.07 Å². The molecule has 0 bridgehead atoms. The predicted molar refractivity (Wildman–Crippen MR) is 52.6 cm³/mol. The lowest BCUT2D eigenvalue weighted by Gasteiger charge is -2.15. The van der Waals surface area contributed by atoms with Crippen LogP contribution in [0.1, 0.15) is 5.82 Å². The van der Waals surface area contributed by atoms with Crippen molar-refractivity contribution in [2.45, 2.75) is 18.5 Å². The fourth-order valence-electron chi connectivity index (χ4n) is 0.952. The van der Waals surface area contributed by atoms with Crippen LogP contribution in [0.3, 0.4) is 0 Å². The molecule has 2 N–H and O–H groups in total. The van der Waals surface area contributed by atoms with Crippen LogP contribution < -0.4 is 5.32 Å². The molecule has 0 aliphatic heterocycles. The first-order chi connectivity index (χ1) is 8.50. The van der Waals surface area contributed by atoms with Crippen LogP contribution in [0.15, 0.2) is 6.07 Å². The first-order valence-electron chi connectivity index (χ1n) is 4.60. The van der Waals surface area contributed by atoms with Crippen LogP contribution in [0.2, 0.25) is 5.15 Å². The Morgan fingerprint density at radius 2 is 1.79 bits per heavy atom. The van der Waals surface area contributed by atoms with E-state index in [1.165, 1.54) is 0 Å². The summed E-state index contributed by atoms with van der Waals surface area (Å²) < 4.78 is 72.8. The summed E-state index contributed by atoms with van der Waals surface area (Å²) in [6, 6.07) is 0.805. The van der Waals surface area contributed by atoms with Gasteiger partial charge >= 0.3 is 12.4 Å².